The molecule has 0 saturated carbocycles. The zero-order valence-corrected chi connectivity index (χ0v) is 13.9. The molecule has 1 heterocycles. The average molecular weight is 304 g/mol. The predicted molar refractivity (Wildman–Crippen MR) is 90.0 cm³/mol. The van der Waals surface area contributed by atoms with Gasteiger partial charge >= 0.3 is 0 Å². The molecule has 112 valence electrons. The number of hydrogen-bond acceptors (Lipinski definition) is 1. The van der Waals surface area contributed by atoms with Crippen molar-refractivity contribution in [2.24, 2.45) is 5.92 Å². The van der Waals surface area contributed by atoms with E-state index < -0.39 is 0 Å². The lowest BCUT2D eigenvalue weighted by atomic mass is 10.0. The minimum absolute atomic E-state index is 0.0226. The van der Waals surface area contributed by atoms with Crippen molar-refractivity contribution < 1.29 is 0 Å². The molecule has 0 radical (unpaired) electrons. The number of aryl methyl sites for hydroxylation is 2. The molecular weight excluding hydrogens is 282 g/mol. The Balaban J connectivity index is 2.64. The van der Waals surface area contributed by atoms with E-state index in [9.17, 15) is 4.79 Å². The topological polar surface area (TPSA) is 22.0 Å². The van der Waals surface area contributed by atoms with Crippen LogP contribution in [0.15, 0.2) is 35.1 Å². The summed E-state index contributed by atoms with van der Waals surface area (Å²) < 4.78 is 1.85. The molecule has 21 heavy (non-hydrogen) atoms. The van der Waals surface area contributed by atoms with Gasteiger partial charge in [0.05, 0.1) is 11.6 Å². The van der Waals surface area contributed by atoms with Crippen LogP contribution in [-0.2, 0) is 12.4 Å². The van der Waals surface area contributed by atoms with Crippen molar-refractivity contribution in [3.05, 3.63) is 57.4 Å². The summed E-state index contributed by atoms with van der Waals surface area (Å²) in [6.45, 7) is 9.12. The SMILES string of the molecule is Cc1ccc(-c2ccc(CCl)c(=O)n2CC(C)C)cc1C. The first-order valence-electron chi connectivity index (χ1n) is 7.30. The zero-order chi connectivity index (χ0) is 15.6. The van der Waals surface area contributed by atoms with Gasteiger partial charge in [-0.25, -0.2) is 0 Å². The van der Waals surface area contributed by atoms with E-state index in [0.29, 0.717) is 18.0 Å². The van der Waals surface area contributed by atoms with Crippen molar-refractivity contribution in [2.45, 2.75) is 40.1 Å². The Morgan fingerprint density at radius 1 is 1.10 bits per heavy atom. The Bertz CT molecular complexity index is 701. The highest BCUT2D eigenvalue weighted by molar-refractivity contribution is 6.17. The van der Waals surface area contributed by atoms with E-state index >= 15 is 0 Å². The molecule has 0 unspecified atom stereocenters. The van der Waals surface area contributed by atoms with Gasteiger partial charge in [-0.1, -0.05) is 32.0 Å². The molecule has 3 heteroatoms. The predicted octanol–water partition coefficient (Wildman–Crippen LogP) is 4.53. The second kappa shape index (κ2) is 6.48. The highest BCUT2D eigenvalue weighted by Gasteiger charge is 2.12. The Morgan fingerprint density at radius 2 is 1.81 bits per heavy atom. The number of aromatic nitrogens is 1. The van der Waals surface area contributed by atoms with Gasteiger partial charge in [0.1, 0.15) is 0 Å². The van der Waals surface area contributed by atoms with Gasteiger partial charge in [-0.2, -0.15) is 0 Å². The third kappa shape index (κ3) is 3.38. The van der Waals surface area contributed by atoms with Gasteiger partial charge in [0.25, 0.3) is 5.56 Å². The molecule has 0 saturated heterocycles. The number of pyridine rings is 1. The Labute approximate surface area is 131 Å². The zero-order valence-electron chi connectivity index (χ0n) is 13.1. The maximum absolute atomic E-state index is 12.6. The van der Waals surface area contributed by atoms with Crippen LogP contribution in [-0.4, -0.2) is 4.57 Å². The van der Waals surface area contributed by atoms with Crippen LogP contribution in [0.1, 0.15) is 30.5 Å². The molecule has 0 aliphatic carbocycles. The lowest BCUT2D eigenvalue weighted by Gasteiger charge is -2.17. The summed E-state index contributed by atoms with van der Waals surface area (Å²) in [5.41, 5.74) is 5.22. The molecule has 0 fully saturated rings. The van der Waals surface area contributed by atoms with Gasteiger partial charge in [0.15, 0.2) is 0 Å². The third-order valence-corrected chi connectivity index (χ3v) is 4.04. The Hall–Kier alpha value is -1.54. The second-order valence-electron chi connectivity index (χ2n) is 5.99. The lowest BCUT2D eigenvalue weighted by molar-refractivity contribution is 0.513. The lowest BCUT2D eigenvalue weighted by Crippen LogP contribution is -2.26. The van der Waals surface area contributed by atoms with Gasteiger partial charge < -0.3 is 4.57 Å². The molecule has 0 amide bonds. The third-order valence-electron chi connectivity index (χ3n) is 3.75. The summed E-state index contributed by atoms with van der Waals surface area (Å²) in [7, 11) is 0. The van der Waals surface area contributed by atoms with Crippen LogP contribution in [0.2, 0.25) is 0 Å². The molecule has 2 aromatic rings. The standard InChI is InChI=1S/C18H22ClNO/c1-12(2)11-20-17(8-7-16(10-19)18(20)21)15-6-5-13(3)14(4)9-15/h5-9,12H,10-11H2,1-4H3. The van der Waals surface area contributed by atoms with E-state index in [0.717, 1.165) is 11.3 Å². The molecule has 0 N–H and O–H groups in total. The molecule has 0 aliphatic rings. The molecule has 2 rings (SSSR count). The Kier molecular flexibility index (Phi) is 4.89. The number of nitrogens with zero attached hydrogens (tertiary/aromatic N) is 1. The first-order valence-corrected chi connectivity index (χ1v) is 7.83. The quantitative estimate of drug-likeness (QED) is 0.761. The number of benzene rings is 1. The van der Waals surface area contributed by atoms with Crippen LogP contribution in [0.4, 0.5) is 0 Å². The smallest absolute Gasteiger partial charge is 0.255 e. The first-order chi connectivity index (χ1) is 9.93. The number of alkyl halides is 1. The fraction of sp³-hybridized carbons (Fsp3) is 0.389. The van der Waals surface area contributed by atoms with E-state index in [2.05, 4.69) is 45.9 Å². The normalized spacial score (nSPS) is 11.1. The summed E-state index contributed by atoms with van der Waals surface area (Å²) in [5, 5.41) is 0. The summed E-state index contributed by atoms with van der Waals surface area (Å²) in [6, 6.07) is 10.2. The van der Waals surface area contributed by atoms with Gasteiger partial charge in [0.2, 0.25) is 0 Å². The largest absolute Gasteiger partial charge is 0.308 e. The Morgan fingerprint density at radius 3 is 2.38 bits per heavy atom. The van der Waals surface area contributed by atoms with Crippen molar-refractivity contribution >= 4 is 11.6 Å². The summed E-state index contributed by atoms with van der Waals surface area (Å²) in [4.78, 5) is 12.6. The molecule has 0 atom stereocenters. The van der Waals surface area contributed by atoms with Crippen LogP contribution in [0.5, 0.6) is 0 Å². The van der Waals surface area contributed by atoms with Crippen molar-refractivity contribution in [3.63, 3.8) is 0 Å². The van der Waals surface area contributed by atoms with Crippen molar-refractivity contribution in [1.82, 2.24) is 4.57 Å². The fourth-order valence-electron chi connectivity index (χ4n) is 2.42. The van der Waals surface area contributed by atoms with Crippen LogP contribution < -0.4 is 5.56 Å². The van der Waals surface area contributed by atoms with Gasteiger partial charge in [-0.3, -0.25) is 4.79 Å². The van der Waals surface area contributed by atoms with E-state index in [4.69, 9.17) is 11.6 Å². The number of hydrogen-bond donors (Lipinski definition) is 0. The van der Waals surface area contributed by atoms with Crippen LogP contribution in [0.25, 0.3) is 11.3 Å². The van der Waals surface area contributed by atoms with E-state index in [1.165, 1.54) is 11.1 Å². The van der Waals surface area contributed by atoms with Gasteiger partial charge in [0, 0.05) is 12.1 Å². The van der Waals surface area contributed by atoms with Gasteiger partial charge in [-0.05, 0) is 48.6 Å². The average Bonchev–Trinajstić information content (AvgIpc) is 2.44. The minimum Gasteiger partial charge on any atom is -0.308 e. The summed E-state index contributed by atoms with van der Waals surface area (Å²) >= 11 is 5.87. The first kappa shape index (κ1) is 15.8. The second-order valence-corrected chi connectivity index (χ2v) is 6.25. The van der Waals surface area contributed by atoms with E-state index in [1.54, 1.807) is 0 Å². The molecule has 1 aromatic heterocycles. The number of rotatable bonds is 4. The molecule has 1 aromatic carbocycles. The highest BCUT2D eigenvalue weighted by Crippen LogP contribution is 2.22. The number of halogens is 1. The maximum atomic E-state index is 12.6. The molecule has 0 spiro atoms. The van der Waals surface area contributed by atoms with Gasteiger partial charge in [-0.15, -0.1) is 11.6 Å². The van der Waals surface area contributed by atoms with Crippen molar-refractivity contribution in [1.29, 1.82) is 0 Å². The minimum atomic E-state index is 0.0226. The summed E-state index contributed by atoms with van der Waals surface area (Å²) in [6.07, 6.45) is 0. The van der Waals surface area contributed by atoms with Crippen LogP contribution in [0, 0.1) is 19.8 Å². The molecule has 0 bridgehead atoms. The van der Waals surface area contributed by atoms with Crippen molar-refractivity contribution in [2.75, 3.05) is 0 Å². The van der Waals surface area contributed by atoms with E-state index in [-0.39, 0.29) is 11.4 Å². The van der Waals surface area contributed by atoms with Crippen LogP contribution in [0.3, 0.4) is 0 Å². The molecule has 0 aliphatic heterocycles. The molecular formula is C18H22ClNO. The molecule has 2 nitrogen and oxygen atoms in total. The fourth-order valence-corrected chi connectivity index (χ4v) is 2.63. The van der Waals surface area contributed by atoms with E-state index in [1.807, 2.05) is 16.7 Å². The maximum Gasteiger partial charge on any atom is 0.255 e. The highest BCUT2D eigenvalue weighted by atomic mass is 35.5. The van der Waals surface area contributed by atoms with Crippen LogP contribution >= 0.6 is 11.6 Å². The van der Waals surface area contributed by atoms with Crippen molar-refractivity contribution in [3.8, 4) is 11.3 Å². The monoisotopic (exact) mass is 303 g/mol. The summed E-state index contributed by atoms with van der Waals surface area (Å²) in [5.74, 6) is 0.656.